The summed E-state index contributed by atoms with van der Waals surface area (Å²) >= 11 is 0. The number of hydrogen-bond acceptors (Lipinski definition) is 4. The maximum absolute atomic E-state index is 11.7. The molecule has 2 aromatic rings. The molecule has 0 bridgehead atoms. The van der Waals surface area contributed by atoms with Crippen molar-refractivity contribution in [3.8, 4) is 6.07 Å². The maximum atomic E-state index is 11.7. The minimum absolute atomic E-state index is 0.0815. The molecule has 1 heterocycles. The molecule has 21 heavy (non-hydrogen) atoms. The largest absolute Gasteiger partial charge is 0.325 e. The van der Waals surface area contributed by atoms with Crippen molar-refractivity contribution in [2.45, 2.75) is 6.92 Å². The molecule has 2 rings (SSSR count). The van der Waals surface area contributed by atoms with Gasteiger partial charge in [0.1, 0.15) is 11.6 Å². The fourth-order valence-electron chi connectivity index (χ4n) is 2.02. The first kappa shape index (κ1) is 14.5. The minimum atomic E-state index is -0.379. The van der Waals surface area contributed by atoms with Crippen molar-refractivity contribution >= 4 is 5.71 Å². The Morgan fingerprint density at radius 2 is 1.95 bits per heavy atom. The molecule has 1 aromatic heterocycles. The van der Waals surface area contributed by atoms with Crippen LogP contribution in [0.2, 0.25) is 0 Å². The number of nitriles is 1. The number of nitrogens with zero attached hydrogens (tertiary/aromatic N) is 3. The number of H-pyrrole nitrogens is 1. The summed E-state index contributed by atoms with van der Waals surface area (Å²) in [5.41, 5.74) is 2.76. The number of hydrogen-bond donors (Lipinski definition) is 1. The minimum Gasteiger partial charge on any atom is -0.325 e. The van der Waals surface area contributed by atoms with Crippen LogP contribution in [0.1, 0.15) is 22.4 Å². The number of benzene rings is 1. The summed E-state index contributed by atoms with van der Waals surface area (Å²) in [7, 11) is 3.66. The number of aryl methyl sites for hydroxylation is 1. The normalized spacial score (nSPS) is 11.0. The van der Waals surface area contributed by atoms with Gasteiger partial charge in [-0.25, -0.2) is 0 Å². The Balaban J connectivity index is 2.70. The van der Waals surface area contributed by atoms with Crippen molar-refractivity contribution < 1.29 is 0 Å². The highest BCUT2D eigenvalue weighted by Crippen LogP contribution is 2.14. The van der Waals surface area contributed by atoms with E-state index in [9.17, 15) is 4.79 Å². The van der Waals surface area contributed by atoms with Gasteiger partial charge in [-0.05, 0) is 13.0 Å². The Morgan fingerprint density at radius 3 is 2.52 bits per heavy atom. The van der Waals surface area contributed by atoms with Crippen LogP contribution in [0.25, 0.3) is 0 Å². The third-order valence-electron chi connectivity index (χ3n) is 2.96. The monoisotopic (exact) mass is 280 g/mol. The average molecular weight is 280 g/mol. The first-order valence-electron chi connectivity index (χ1n) is 6.48. The van der Waals surface area contributed by atoms with Crippen LogP contribution in [-0.4, -0.2) is 29.8 Å². The zero-order chi connectivity index (χ0) is 15.4. The second kappa shape index (κ2) is 6.06. The van der Waals surface area contributed by atoms with Gasteiger partial charge in [0.05, 0.1) is 5.71 Å². The lowest BCUT2D eigenvalue weighted by molar-refractivity contribution is 0.438. The molecule has 0 radical (unpaired) electrons. The molecule has 0 saturated carbocycles. The van der Waals surface area contributed by atoms with E-state index < -0.39 is 0 Å². The molecule has 0 aliphatic rings. The van der Waals surface area contributed by atoms with Gasteiger partial charge in [0, 0.05) is 30.9 Å². The summed E-state index contributed by atoms with van der Waals surface area (Å²) in [4.78, 5) is 14.4. The van der Waals surface area contributed by atoms with E-state index >= 15 is 0 Å². The lowest BCUT2D eigenvalue weighted by Gasteiger charge is -2.13. The summed E-state index contributed by atoms with van der Waals surface area (Å²) in [5, 5.41) is 15.2. The first-order chi connectivity index (χ1) is 10.0. The molecule has 5 nitrogen and oxygen atoms in total. The predicted molar refractivity (Wildman–Crippen MR) is 82.3 cm³/mol. The molecule has 0 aliphatic heterocycles. The molecule has 0 atom stereocenters. The van der Waals surface area contributed by atoms with Crippen molar-refractivity contribution in [1.29, 1.82) is 5.26 Å². The molecule has 0 aliphatic carbocycles. The van der Waals surface area contributed by atoms with Crippen molar-refractivity contribution in [3.05, 3.63) is 69.1 Å². The molecule has 106 valence electrons. The van der Waals surface area contributed by atoms with Crippen LogP contribution in [0.3, 0.4) is 0 Å². The Bertz CT molecular complexity index is 767. The van der Waals surface area contributed by atoms with E-state index in [0.717, 1.165) is 11.1 Å². The van der Waals surface area contributed by atoms with Gasteiger partial charge in [-0.15, -0.1) is 0 Å². The van der Waals surface area contributed by atoms with Crippen LogP contribution in [-0.2, 0) is 0 Å². The Labute approximate surface area is 123 Å². The van der Waals surface area contributed by atoms with E-state index in [4.69, 9.17) is 5.26 Å². The highest BCUT2D eigenvalue weighted by atomic mass is 16.1. The summed E-state index contributed by atoms with van der Waals surface area (Å²) in [5.74, 6) is 0. The molecule has 1 N–H and O–H groups in total. The Hall–Kier alpha value is -2.87. The Kier molecular flexibility index (Phi) is 4.19. The number of aromatic amines is 1. The number of nitrogens with one attached hydrogen (secondary N) is 1. The molecule has 0 saturated heterocycles. The van der Waals surface area contributed by atoms with Crippen molar-refractivity contribution in [2.24, 2.45) is 5.10 Å². The number of hydrazone groups is 1. The molecule has 0 unspecified atom stereocenters. The standard InChI is InChI=1S/C16H16N4O/c1-11-14(9-13(10-17)16(21)18-11)15(19-20(2)3)12-7-5-4-6-8-12/h4-9H,1-3H3,(H,18,21)/b19-15-. The second-order valence-electron chi connectivity index (χ2n) is 4.82. The van der Waals surface area contributed by atoms with Gasteiger partial charge in [0.15, 0.2) is 0 Å². The van der Waals surface area contributed by atoms with Gasteiger partial charge in [-0.2, -0.15) is 10.4 Å². The van der Waals surface area contributed by atoms with Gasteiger partial charge in [0.2, 0.25) is 0 Å². The molecular formula is C16H16N4O. The van der Waals surface area contributed by atoms with Crippen LogP contribution in [0, 0.1) is 18.3 Å². The lowest BCUT2D eigenvalue weighted by atomic mass is 10.00. The van der Waals surface area contributed by atoms with Crippen molar-refractivity contribution in [3.63, 3.8) is 0 Å². The summed E-state index contributed by atoms with van der Waals surface area (Å²) < 4.78 is 0. The summed E-state index contributed by atoms with van der Waals surface area (Å²) in [6.07, 6.45) is 0. The van der Waals surface area contributed by atoms with Gasteiger partial charge in [0.25, 0.3) is 5.56 Å². The molecule has 0 spiro atoms. The molecular weight excluding hydrogens is 264 g/mol. The van der Waals surface area contributed by atoms with E-state index in [1.807, 2.05) is 50.5 Å². The number of aromatic nitrogens is 1. The smallest absolute Gasteiger partial charge is 0.266 e. The lowest BCUT2D eigenvalue weighted by Crippen LogP contribution is -2.18. The van der Waals surface area contributed by atoms with E-state index in [2.05, 4.69) is 10.1 Å². The highest BCUT2D eigenvalue weighted by molar-refractivity contribution is 6.13. The predicted octanol–water partition coefficient (Wildman–Crippen LogP) is 1.87. The van der Waals surface area contributed by atoms with Crippen molar-refractivity contribution in [1.82, 2.24) is 9.99 Å². The molecule has 0 amide bonds. The average Bonchev–Trinajstić information content (AvgIpc) is 2.46. The first-order valence-corrected chi connectivity index (χ1v) is 6.48. The maximum Gasteiger partial charge on any atom is 0.266 e. The van der Waals surface area contributed by atoms with Gasteiger partial charge < -0.3 is 9.99 Å². The fourth-order valence-corrected chi connectivity index (χ4v) is 2.02. The quantitative estimate of drug-likeness (QED) is 0.689. The molecule has 5 heteroatoms. The zero-order valence-electron chi connectivity index (χ0n) is 12.2. The van der Waals surface area contributed by atoms with E-state index in [-0.39, 0.29) is 11.1 Å². The van der Waals surface area contributed by atoms with Gasteiger partial charge in [-0.1, -0.05) is 30.3 Å². The van der Waals surface area contributed by atoms with E-state index in [0.29, 0.717) is 11.4 Å². The summed E-state index contributed by atoms with van der Waals surface area (Å²) in [6.45, 7) is 1.80. The van der Waals surface area contributed by atoms with E-state index in [1.54, 1.807) is 18.0 Å². The third-order valence-corrected chi connectivity index (χ3v) is 2.96. The van der Waals surface area contributed by atoms with Crippen LogP contribution in [0.4, 0.5) is 0 Å². The number of pyridine rings is 1. The van der Waals surface area contributed by atoms with Crippen LogP contribution in [0.5, 0.6) is 0 Å². The topological polar surface area (TPSA) is 72.2 Å². The number of rotatable bonds is 3. The fraction of sp³-hybridized carbons (Fsp3) is 0.188. The van der Waals surface area contributed by atoms with E-state index in [1.165, 1.54) is 0 Å². The molecule has 1 aromatic carbocycles. The van der Waals surface area contributed by atoms with Gasteiger partial charge >= 0.3 is 0 Å². The zero-order valence-corrected chi connectivity index (χ0v) is 12.2. The molecule has 0 fully saturated rings. The summed E-state index contributed by atoms with van der Waals surface area (Å²) in [6, 6.07) is 13.2. The van der Waals surface area contributed by atoms with Crippen molar-refractivity contribution in [2.75, 3.05) is 14.1 Å². The van der Waals surface area contributed by atoms with Crippen LogP contribution in [0.15, 0.2) is 46.3 Å². The Morgan fingerprint density at radius 1 is 1.29 bits per heavy atom. The third kappa shape index (κ3) is 3.18. The van der Waals surface area contributed by atoms with Crippen LogP contribution >= 0.6 is 0 Å². The van der Waals surface area contributed by atoms with Gasteiger partial charge in [-0.3, -0.25) is 4.79 Å². The van der Waals surface area contributed by atoms with Crippen LogP contribution < -0.4 is 5.56 Å². The SMILES string of the molecule is Cc1[nH]c(=O)c(C#N)cc1/C(=N\N(C)C)c1ccccc1. The highest BCUT2D eigenvalue weighted by Gasteiger charge is 2.13. The second-order valence-corrected chi connectivity index (χ2v) is 4.82.